The standard InChI is InChI=1S/C29H29NO5S3/c1-6-34-26(32)23-24(27(33)35-7-2)38-28(37-23)22-19-14-13-17(3)15-20(19)30(29(4,5)25(22)36)21(31)16-18-11-9-8-10-12-18/h8-15H,6-7,16H2,1-5H3. The lowest BCUT2D eigenvalue weighted by Gasteiger charge is -2.45. The second-order valence-corrected chi connectivity index (χ2v) is 12.0. The summed E-state index contributed by atoms with van der Waals surface area (Å²) in [5.74, 6) is -1.22. The fourth-order valence-corrected chi connectivity index (χ4v) is 7.41. The quantitative estimate of drug-likeness (QED) is 0.232. The number of ether oxygens (including phenoxy) is 2. The summed E-state index contributed by atoms with van der Waals surface area (Å²) in [5.41, 5.74) is 3.34. The van der Waals surface area contributed by atoms with E-state index in [2.05, 4.69) is 0 Å². The molecule has 6 nitrogen and oxygen atoms in total. The van der Waals surface area contributed by atoms with Crippen molar-refractivity contribution in [3.63, 3.8) is 0 Å². The van der Waals surface area contributed by atoms with Crippen molar-refractivity contribution in [1.82, 2.24) is 0 Å². The van der Waals surface area contributed by atoms with Crippen molar-refractivity contribution in [2.45, 2.75) is 46.6 Å². The van der Waals surface area contributed by atoms with E-state index in [-0.39, 0.29) is 35.4 Å². The maximum Gasteiger partial charge on any atom is 0.346 e. The van der Waals surface area contributed by atoms with Crippen molar-refractivity contribution in [3.05, 3.63) is 79.3 Å². The number of thiocarbonyl (C=S) groups is 1. The number of hydrogen-bond donors (Lipinski definition) is 0. The van der Waals surface area contributed by atoms with Crippen molar-refractivity contribution < 1.29 is 23.9 Å². The first-order valence-electron chi connectivity index (χ1n) is 12.3. The maximum atomic E-state index is 13.8. The average Bonchev–Trinajstić information content (AvgIpc) is 3.31. The molecule has 2 aliphatic heterocycles. The minimum absolute atomic E-state index is 0.0660. The van der Waals surface area contributed by atoms with Crippen LogP contribution in [0.25, 0.3) is 5.57 Å². The molecule has 0 aliphatic carbocycles. The number of thioether (sulfide) groups is 2. The van der Waals surface area contributed by atoms with Gasteiger partial charge in [0.25, 0.3) is 0 Å². The zero-order valence-corrected chi connectivity index (χ0v) is 24.4. The Labute approximate surface area is 236 Å². The molecule has 0 radical (unpaired) electrons. The number of anilines is 1. The summed E-state index contributed by atoms with van der Waals surface area (Å²) in [6.07, 6.45) is 0.233. The number of carbonyl (C=O) groups is 3. The highest BCUT2D eigenvalue weighted by Gasteiger charge is 2.46. The van der Waals surface area contributed by atoms with Gasteiger partial charge in [0.05, 0.1) is 40.0 Å². The number of carbonyl (C=O) groups excluding carboxylic acids is 3. The molecule has 0 spiro atoms. The van der Waals surface area contributed by atoms with Gasteiger partial charge in [-0.15, -0.1) is 0 Å². The van der Waals surface area contributed by atoms with Gasteiger partial charge in [0.15, 0.2) is 0 Å². The number of benzene rings is 2. The van der Waals surface area contributed by atoms with Gasteiger partial charge >= 0.3 is 11.9 Å². The van der Waals surface area contributed by atoms with Gasteiger partial charge in [-0.05, 0) is 51.8 Å². The molecular formula is C29H29NO5S3. The average molecular weight is 568 g/mol. The van der Waals surface area contributed by atoms with E-state index in [1.165, 1.54) is 23.5 Å². The van der Waals surface area contributed by atoms with E-state index < -0.39 is 17.5 Å². The number of nitrogens with zero attached hydrogens (tertiary/aromatic N) is 1. The van der Waals surface area contributed by atoms with Gasteiger partial charge < -0.3 is 14.4 Å². The molecule has 0 N–H and O–H groups in total. The van der Waals surface area contributed by atoms with Gasteiger partial charge in [-0.3, -0.25) is 4.79 Å². The molecule has 4 rings (SSSR count). The Morgan fingerprint density at radius 1 is 0.921 bits per heavy atom. The molecule has 0 atom stereocenters. The Hall–Kier alpha value is -2.88. The highest BCUT2D eigenvalue weighted by molar-refractivity contribution is 8.29. The molecule has 2 aliphatic rings. The number of aryl methyl sites for hydroxylation is 1. The van der Waals surface area contributed by atoms with Gasteiger partial charge in [0.1, 0.15) is 9.81 Å². The van der Waals surface area contributed by atoms with E-state index >= 15 is 0 Å². The Morgan fingerprint density at radius 3 is 2.05 bits per heavy atom. The zero-order chi connectivity index (χ0) is 27.6. The zero-order valence-electron chi connectivity index (χ0n) is 22.0. The van der Waals surface area contributed by atoms with E-state index in [1.54, 1.807) is 18.7 Å². The highest BCUT2D eigenvalue weighted by atomic mass is 32.2. The lowest BCUT2D eigenvalue weighted by atomic mass is 9.82. The Balaban J connectivity index is 1.83. The van der Waals surface area contributed by atoms with E-state index in [0.717, 1.165) is 28.0 Å². The Morgan fingerprint density at radius 2 is 1.50 bits per heavy atom. The SMILES string of the molecule is CCOC(=O)C1=C(C(=O)OCC)SC(=C2C(=S)C(C)(C)N(C(=O)Cc3ccccc3)c3cc(C)ccc32)S1. The van der Waals surface area contributed by atoms with E-state index in [4.69, 9.17) is 21.7 Å². The summed E-state index contributed by atoms with van der Waals surface area (Å²) in [5, 5.41) is 0. The first-order chi connectivity index (χ1) is 18.1. The van der Waals surface area contributed by atoms with Crippen LogP contribution < -0.4 is 4.90 Å². The van der Waals surface area contributed by atoms with Crippen molar-refractivity contribution in [2.24, 2.45) is 0 Å². The first-order valence-corrected chi connectivity index (χ1v) is 14.4. The highest BCUT2D eigenvalue weighted by Crippen LogP contribution is 2.56. The minimum Gasteiger partial charge on any atom is -0.462 e. The summed E-state index contributed by atoms with van der Waals surface area (Å²) in [6, 6.07) is 15.5. The van der Waals surface area contributed by atoms with Crippen LogP contribution in [0.5, 0.6) is 0 Å². The second kappa shape index (κ2) is 11.5. The van der Waals surface area contributed by atoms with Crippen LogP contribution in [0.3, 0.4) is 0 Å². The minimum atomic E-state index is -0.845. The third kappa shape index (κ3) is 5.32. The Kier molecular flexibility index (Phi) is 8.49. The molecule has 0 saturated heterocycles. The number of hydrogen-bond acceptors (Lipinski definition) is 8. The molecule has 0 bridgehead atoms. The molecule has 2 aromatic rings. The summed E-state index contributed by atoms with van der Waals surface area (Å²) in [4.78, 5) is 42.0. The van der Waals surface area contributed by atoms with Gasteiger partial charge in [-0.2, -0.15) is 0 Å². The molecule has 0 fully saturated rings. The number of fused-ring (bicyclic) bond motifs is 1. The van der Waals surface area contributed by atoms with Crippen LogP contribution in [0.4, 0.5) is 5.69 Å². The second-order valence-electron chi connectivity index (χ2n) is 9.27. The van der Waals surface area contributed by atoms with E-state index in [0.29, 0.717) is 9.10 Å². The van der Waals surface area contributed by atoms with Gasteiger partial charge in [0, 0.05) is 11.1 Å². The molecule has 0 aromatic heterocycles. The summed E-state index contributed by atoms with van der Waals surface area (Å²) < 4.78 is 11.2. The van der Waals surface area contributed by atoms with Crippen LogP contribution >= 0.6 is 35.7 Å². The fourth-order valence-electron chi connectivity index (χ4n) is 4.43. The van der Waals surface area contributed by atoms with Crippen molar-refractivity contribution >= 4 is 69.7 Å². The smallest absolute Gasteiger partial charge is 0.346 e. The van der Waals surface area contributed by atoms with Crippen molar-refractivity contribution in [2.75, 3.05) is 18.1 Å². The molecule has 198 valence electrons. The predicted molar refractivity (Wildman–Crippen MR) is 158 cm³/mol. The van der Waals surface area contributed by atoms with Crippen molar-refractivity contribution in [1.29, 1.82) is 0 Å². The predicted octanol–water partition coefficient (Wildman–Crippen LogP) is 6.22. The number of esters is 2. The van der Waals surface area contributed by atoms with Crippen LogP contribution in [0, 0.1) is 6.92 Å². The third-order valence-corrected chi connectivity index (χ3v) is 9.44. The molecule has 2 aromatic carbocycles. The van der Waals surface area contributed by atoms with Gasteiger partial charge in [-0.1, -0.05) is 78.2 Å². The fraction of sp³-hybridized carbons (Fsp3) is 0.310. The van der Waals surface area contributed by atoms with Crippen LogP contribution in [0.15, 0.2) is 62.6 Å². The Bertz CT molecular complexity index is 1350. The van der Waals surface area contributed by atoms with E-state index in [1.807, 2.05) is 69.3 Å². The molecule has 0 unspecified atom stereocenters. The number of rotatable bonds is 6. The lowest BCUT2D eigenvalue weighted by Crippen LogP contribution is -2.56. The molecule has 2 heterocycles. The molecule has 1 amide bonds. The summed E-state index contributed by atoms with van der Waals surface area (Å²) in [7, 11) is 0. The van der Waals surface area contributed by atoms with Crippen LogP contribution in [-0.4, -0.2) is 41.5 Å². The van der Waals surface area contributed by atoms with Gasteiger partial charge in [-0.25, -0.2) is 9.59 Å². The van der Waals surface area contributed by atoms with Crippen molar-refractivity contribution in [3.8, 4) is 0 Å². The monoisotopic (exact) mass is 567 g/mol. The summed E-state index contributed by atoms with van der Waals surface area (Å²) in [6.45, 7) is 9.63. The first kappa shape index (κ1) is 28.1. The van der Waals surface area contributed by atoms with Crippen LogP contribution in [-0.2, 0) is 30.3 Å². The molecular weight excluding hydrogens is 539 g/mol. The largest absolute Gasteiger partial charge is 0.462 e. The maximum absolute atomic E-state index is 13.8. The van der Waals surface area contributed by atoms with Crippen LogP contribution in [0.1, 0.15) is 44.4 Å². The number of amides is 1. The summed E-state index contributed by atoms with van der Waals surface area (Å²) >= 11 is 8.39. The lowest BCUT2D eigenvalue weighted by molar-refractivity contribution is -0.140. The normalized spacial score (nSPS) is 16.4. The molecule has 38 heavy (non-hydrogen) atoms. The topological polar surface area (TPSA) is 72.9 Å². The van der Waals surface area contributed by atoms with Gasteiger partial charge in [0.2, 0.25) is 5.91 Å². The molecule has 0 saturated carbocycles. The van der Waals surface area contributed by atoms with E-state index in [9.17, 15) is 14.4 Å². The molecule has 9 heteroatoms. The van der Waals surface area contributed by atoms with Crippen LogP contribution in [0.2, 0.25) is 0 Å². The third-order valence-electron chi connectivity index (χ3n) is 6.17.